The number of benzene rings is 4. The Kier molecular flexibility index (Phi) is 16.0. The average molecular weight is 620 g/mol. The number of hydrogen-bond acceptors (Lipinski definition) is 4. The zero-order chi connectivity index (χ0) is 30.6. The summed E-state index contributed by atoms with van der Waals surface area (Å²) in [6, 6.07) is 38.0. The quantitative estimate of drug-likeness (QED) is 0.0670. The summed E-state index contributed by atoms with van der Waals surface area (Å²) in [7, 11) is -1.95. The third-order valence-electron chi connectivity index (χ3n) is 7.02. The molecule has 0 spiro atoms. The third kappa shape index (κ3) is 12.6. The van der Waals surface area contributed by atoms with E-state index in [1.807, 2.05) is 12.1 Å². The molecule has 0 aromatic heterocycles. The van der Waals surface area contributed by atoms with Gasteiger partial charge in [-0.25, -0.2) is 0 Å². The molecule has 6 heteroatoms. The molecule has 0 aliphatic rings. The van der Waals surface area contributed by atoms with Crippen LogP contribution < -0.4 is 4.74 Å². The summed E-state index contributed by atoms with van der Waals surface area (Å²) in [4.78, 5) is 4.19. The highest BCUT2D eigenvalue weighted by molar-refractivity contribution is 7.97. The molecule has 0 saturated carbocycles. The summed E-state index contributed by atoms with van der Waals surface area (Å²) >= 11 is 0. The van der Waals surface area contributed by atoms with Crippen molar-refractivity contribution in [3.63, 3.8) is 0 Å². The maximum atomic E-state index is 11.9. The van der Waals surface area contributed by atoms with Crippen LogP contribution in [0.15, 0.2) is 135 Å². The highest BCUT2D eigenvalue weighted by Gasteiger charge is 2.28. The van der Waals surface area contributed by atoms with E-state index in [1.54, 1.807) is 37.4 Å². The smallest absolute Gasteiger partial charge is 0.296 e. The molecule has 43 heavy (non-hydrogen) atoms. The van der Waals surface area contributed by atoms with Gasteiger partial charge in [-0.1, -0.05) is 119 Å². The van der Waals surface area contributed by atoms with Crippen molar-refractivity contribution in [2.75, 3.05) is 13.7 Å². The predicted octanol–water partition coefficient (Wildman–Crippen LogP) is 10.1. The van der Waals surface area contributed by atoms with Gasteiger partial charge in [0.1, 0.15) is 5.75 Å². The minimum atomic E-state index is -3.57. The molecule has 0 unspecified atom stereocenters. The zero-order valence-electron chi connectivity index (χ0n) is 25.7. The van der Waals surface area contributed by atoms with Crippen LogP contribution in [0.2, 0.25) is 0 Å². The van der Waals surface area contributed by atoms with Gasteiger partial charge in [0.05, 0.1) is 29.5 Å². The van der Waals surface area contributed by atoms with Gasteiger partial charge in [0, 0.05) is 0 Å². The fourth-order valence-electron chi connectivity index (χ4n) is 4.65. The van der Waals surface area contributed by atoms with Crippen LogP contribution in [0.4, 0.5) is 0 Å². The third-order valence-corrected chi connectivity index (χ3v) is 10.6. The first-order chi connectivity index (χ1) is 21.0. The summed E-state index contributed by atoms with van der Waals surface area (Å²) in [5, 5.41) is 0. The molecule has 0 fully saturated rings. The Bertz CT molecular complexity index is 1320. The SMILES string of the molecule is CCCCCCCCCCCCOS(=O)(=O)c1ccccc1.COc1ccc([S+](c2ccccc2)c2ccccc2)cc1. The minimum absolute atomic E-state index is 0.0804. The Morgan fingerprint density at radius 2 is 0.953 bits per heavy atom. The van der Waals surface area contributed by atoms with Gasteiger partial charge in [-0.2, -0.15) is 8.42 Å². The molecule has 0 atom stereocenters. The van der Waals surface area contributed by atoms with Crippen LogP contribution in [0, 0.1) is 0 Å². The molecule has 0 radical (unpaired) electrons. The monoisotopic (exact) mass is 619 g/mol. The van der Waals surface area contributed by atoms with E-state index in [-0.39, 0.29) is 22.4 Å². The lowest BCUT2D eigenvalue weighted by Crippen LogP contribution is -2.07. The van der Waals surface area contributed by atoms with E-state index in [1.165, 1.54) is 66.1 Å². The zero-order valence-corrected chi connectivity index (χ0v) is 27.3. The molecule has 4 aromatic rings. The highest BCUT2D eigenvalue weighted by atomic mass is 32.2. The van der Waals surface area contributed by atoms with Crippen molar-refractivity contribution in [1.82, 2.24) is 0 Å². The molecular weight excluding hydrogens is 573 g/mol. The van der Waals surface area contributed by atoms with Crippen LogP contribution in [-0.2, 0) is 25.2 Å². The topological polar surface area (TPSA) is 52.6 Å². The molecule has 0 aliphatic carbocycles. The van der Waals surface area contributed by atoms with Gasteiger partial charge < -0.3 is 4.74 Å². The fraction of sp³-hybridized carbons (Fsp3) is 0.351. The van der Waals surface area contributed by atoms with Crippen LogP contribution in [0.1, 0.15) is 71.1 Å². The molecule has 0 bridgehead atoms. The van der Waals surface area contributed by atoms with E-state index in [2.05, 4.69) is 79.7 Å². The molecule has 4 rings (SSSR count). The van der Waals surface area contributed by atoms with E-state index < -0.39 is 10.1 Å². The maximum absolute atomic E-state index is 11.9. The normalized spacial score (nSPS) is 11.1. The van der Waals surface area contributed by atoms with Gasteiger partial charge in [0.15, 0.2) is 14.7 Å². The lowest BCUT2D eigenvalue weighted by atomic mass is 10.1. The van der Waals surface area contributed by atoms with E-state index >= 15 is 0 Å². The molecule has 4 nitrogen and oxygen atoms in total. The summed E-state index contributed by atoms with van der Waals surface area (Å²) < 4.78 is 34.1. The highest BCUT2D eigenvalue weighted by Crippen LogP contribution is 2.31. The Hall–Kier alpha value is -3.06. The molecule has 0 heterocycles. The van der Waals surface area contributed by atoms with Crippen LogP contribution in [0.3, 0.4) is 0 Å². The number of methoxy groups -OCH3 is 1. The Balaban J connectivity index is 0.000000235. The van der Waals surface area contributed by atoms with Crippen LogP contribution in [-0.4, -0.2) is 22.1 Å². The summed E-state index contributed by atoms with van der Waals surface area (Å²) in [6.07, 6.45) is 12.3. The Morgan fingerprint density at radius 1 is 0.535 bits per heavy atom. The standard InChI is InChI=1S/C19H17OS.C18H30O3S/c1-20-16-12-14-19(15-13-16)21(17-8-4-2-5-9-17)18-10-6-3-7-11-18;1-2-3-4-5-6-7-8-9-10-14-17-21-22(19,20)18-15-12-11-13-16-18/h2-15H,1H3;11-13,15-16H,2-10,14,17H2,1H3/q+1;. The minimum Gasteiger partial charge on any atom is -0.497 e. The molecule has 230 valence electrons. The summed E-state index contributed by atoms with van der Waals surface area (Å²) in [5.41, 5.74) is 0. The number of unbranched alkanes of at least 4 members (excludes halogenated alkanes) is 9. The second-order valence-electron chi connectivity index (χ2n) is 10.4. The van der Waals surface area contributed by atoms with Gasteiger partial charge in [-0.05, 0) is 67.1 Å². The van der Waals surface area contributed by atoms with Crippen molar-refractivity contribution in [3.8, 4) is 5.75 Å². The first kappa shape index (κ1) is 34.4. The number of hydrogen-bond donors (Lipinski definition) is 0. The van der Waals surface area contributed by atoms with Gasteiger partial charge in [0.2, 0.25) is 0 Å². The van der Waals surface area contributed by atoms with E-state index in [9.17, 15) is 8.42 Å². The van der Waals surface area contributed by atoms with E-state index in [0.29, 0.717) is 0 Å². The molecule has 0 saturated heterocycles. The first-order valence-electron chi connectivity index (χ1n) is 15.5. The predicted molar refractivity (Wildman–Crippen MR) is 179 cm³/mol. The second kappa shape index (κ2) is 20.0. The van der Waals surface area contributed by atoms with Crippen LogP contribution >= 0.6 is 0 Å². The van der Waals surface area contributed by atoms with Crippen molar-refractivity contribution in [2.24, 2.45) is 0 Å². The van der Waals surface area contributed by atoms with E-state index in [4.69, 9.17) is 8.92 Å². The van der Waals surface area contributed by atoms with Crippen molar-refractivity contribution >= 4 is 21.0 Å². The fourth-order valence-corrected chi connectivity index (χ4v) is 7.69. The van der Waals surface area contributed by atoms with Crippen LogP contribution in [0.25, 0.3) is 0 Å². The first-order valence-corrected chi connectivity index (χ1v) is 18.1. The molecule has 4 aromatic carbocycles. The molecular formula is C37H47O4S2+. The molecule has 0 N–H and O–H groups in total. The van der Waals surface area contributed by atoms with Crippen molar-refractivity contribution in [1.29, 1.82) is 0 Å². The number of ether oxygens (including phenoxy) is 1. The van der Waals surface area contributed by atoms with Gasteiger partial charge >= 0.3 is 0 Å². The largest absolute Gasteiger partial charge is 0.497 e. The van der Waals surface area contributed by atoms with Crippen molar-refractivity contribution in [3.05, 3.63) is 115 Å². The summed E-state index contributed by atoms with van der Waals surface area (Å²) in [6.45, 7) is 2.52. The van der Waals surface area contributed by atoms with Gasteiger partial charge in [0.25, 0.3) is 10.1 Å². The lowest BCUT2D eigenvalue weighted by Gasteiger charge is -2.08. The molecule has 0 amide bonds. The van der Waals surface area contributed by atoms with Crippen LogP contribution in [0.5, 0.6) is 5.75 Å². The lowest BCUT2D eigenvalue weighted by molar-refractivity contribution is 0.306. The summed E-state index contributed by atoms with van der Waals surface area (Å²) in [5.74, 6) is 0.892. The molecule has 0 aliphatic heterocycles. The van der Waals surface area contributed by atoms with Crippen molar-refractivity contribution < 1.29 is 17.3 Å². The Morgan fingerprint density at radius 3 is 1.42 bits per heavy atom. The van der Waals surface area contributed by atoms with E-state index in [0.717, 1.165) is 18.6 Å². The van der Waals surface area contributed by atoms with Gasteiger partial charge in [-0.15, -0.1) is 0 Å². The second-order valence-corrected chi connectivity index (χ2v) is 14.0. The average Bonchev–Trinajstić information content (AvgIpc) is 3.06. The maximum Gasteiger partial charge on any atom is 0.296 e. The Labute approximate surface area is 263 Å². The van der Waals surface area contributed by atoms with Crippen molar-refractivity contribution in [2.45, 2.75) is 90.7 Å². The number of rotatable bonds is 17. The van der Waals surface area contributed by atoms with Gasteiger partial charge in [-0.3, -0.25) is 4.18 Å².